The average Bonchev–Trinajstić information content (AvgIpc) is 3.64. The molecule has 0 radical (unpaired) electrons. The molecule has 0 aromatic heterocycles. The highest BCUT2D eigenvalue weighted by molar-refractivity contribution is 6.30. The van der Waals surface area contributed by atoms with Gasteiger partial charge in [0.15, 0.2) is 0 Å². The Morgan fingerprint density at radius 3 is 2.43 bits per heavy atom. The lowest BCUT2D eigenvalue weighted by molar-refractivity contribution is -0.147. The van der Waals surface area contributed by atoms with Crippen molar-refractivity contribution in [2.45, 2.75) is 50.0 Å². The SMILES string of the molecule is C=CCN(CCC)C(=O)[C@@H]1[C@@H]2CCC3(O2)C(C(=O)N(CC=C)c2ccc(Cl)cc2)N([C@H](CO)c2ccccc2)C(=O)[C@H]13. The number of benzene rings is 2. The molecule has 2 aromatic carbocycles. The van der Waals surface area contributed by atoms with Crippen molar-refractivity contribution in [1.29, 1.82) is 0 Å². The molecule has 8 nitrogen and oxygen atoms in total. The quantitative estimate of drug-likeness (QED) is 0.370. The first kappa shape index (κ1) is 30.0. The Balaban J connectivity index is 1.63. The lowest BCUT2D eigenvalue weighted by Crippen LogP contribution is -2.57. The van der Waals surface area contributed by atoms with Crippen LogP contribution in [0.5, 0.6) is 0 Å². The van der Waals surface area contributed by atoms with Gasteiger partial charge in [0.2, 0.25) is 11.8 Å². The van der Waals surface area contributed by atoms with Crippen LogP contribution in [0, 0.1) is 11.8 Å². The van der Waals surface area contributed by atoms with Gasteiger partial charge in [-0.25, -0.2) is 0 Å². The van der Waals surface area contributed by atoms with Crippen LogP contribution in [0.2, 0.25) is 5.02 Å². The Kier molecular flexibility index (Phi) is 8.87. The second kappa shape index (κ2) is 12.4. The Labute approximate surface area is 252 Å². The number of likely N-dealkylation sites (tertiary alicyclic amines) is 1. The molecule has 9 heteroatoms. The maximum absolute atomic E-state index is 14.8. The van der Waals surface area contributed by atoms with Gasteiger partial charge in [-0.05, 0) is 49.1 Å². The molecular weight excluding hydrogens is 554 g/mol. The molecule has 222 valence electrons. The maximum atomic E-state index is 14.8. The largest absolute Gasteiger partial charge is 0.394 e. The fourth-order valence-electron chi connectivity index (χ4n) is 7.17. The summed E-state index contributed by atoms with van der Waals surface area (Å²) in [5.74, 6) is -2.43. The zero-order chi connectivity index (χ0) is 30.0. The predicted octanol–water partition coefficient (Wildman–Crippen LogP) is 4.39. The number of anilines is 1. The van der Waals surface area contributed by atoms with E-state index >= 15 is 0 Å². The Bertz CT molecular complexity index is 1330. The molecule has 1 spiro atoms. The van der Waals surface area contributed by atoms with E-state index in [9.17, 15) is 19.5 Å². The number of hydrogen-bond donors (Lipinski definition) is 1. The van der Waals surface area contributed by atoms with Gasteiger partial charge >= 0.3 is 0 Å². The summed E-state index contributed by atoms with van der Waals surface area (Å²) < 4.78 is 6.66. The summed E-state index contributed by atoms with van der Waals surface area (Å²) in [5, 5.41) is 11.2. The highest BCUT2D eigenvalue weighted by Crippen LogP contribution is 2.60. The smallest absolute Gasteiger partial charge is 0.253 e. The van der Waals surface area contributed by atoms with Crippen molar-refractivity contribution in [2.24, 2.45) is 11.8 Å². The van der Waals surface area contributed by atoms with Crippen LogP contribution in [-0.2, 0) is 19.1 Å². The topological polar surface area (TPSA) is 90.4 Å². The minimum atomic E-state index is -1.21. The molecule has 6 atom stereocenters. The second-order valence-electron chi connectivity index (χ2n) is 11.2. The highest BCUT2D eigenvalue weighted by atomic mass is 35.5. The summed E-state index contributed by atoms with van der Waals surface area (Å²) in [5.41, 5.74) is 0.0808. The van der Waals surface area contributed by atoms with Crippen LogP contribution in [0.3, 0.4) is 0 Å². The molecule has 0 aliphatic carbocycles. The van der Waals surface area contributed by atoms with Crippen LogP contribution in [0.25, 0.3) is 0 Å². The third-order valence-electron chi connectivity index (χ3n) is 8.82. The van der Waals surface area contributed by atoms with Gasteiger partial charge in [-0.15, -0.1) is 13.2 Å². The third-order valence-corrected chi connectivity index (χ3v) is 9.07. The number of ether oxygens (including phenoxy) is 1. The van der Waals surface area contributed by atoms with Gasteiger partial charge in [-0.2, -0.15) is 0 Å². The van der Waals surface area contributed by atoms with Gasteiger partial charge in [-0.1, -0.05) is 61.0 Å². The molecule has 0 saturated carbocycles. The summed E-state index contributed by atoms with van der Waals surface area (Å²) in [7, 11) is 0. The van der Waals surface area contributed by atoms with Crippen LogP contribution in [0.15, 0.2) is 79.9 Å². The monoisotopic (exact) mass is 591 g/mol. The summed E-state index contributed by atoms with van der Waals surface area (Å²) in [6, 6.07) is 14.2. The number of carbonyl (C=O) groups excluding carboxylic acids is 3. The van der Waals surface area contributed by atoms with E-state index in [1.165, 1.54) is 4.90 Å². The van der Waals surface area contributed by atoms with Crippen molar-refractivity contribution < 1.29 is 24.2 Å². The van der Waals surface area contributed by atoms with Gasteiger partial charge in [0.25, 0.3) is 5.91 Å². The van der Waals surface area contributed by atoms with Crippen molar-refractivity contribution >= 4 is 35.0 Å². The molecule has 1 N–H and O–H groups in total. The number of aliphatic hydroxyl groups is 1. The molecule has 3 amide bonds. The third kappa shape index (κ3) is 4.95. The second-order valence-corrected chi connectivity index (χ2v) is 11.6. The molecule has 3 fully saturated rings. The van der Waals surface area contributed by atoms with Gasteiger partial charge in [-0.3, -0.25) is 14.4 Å². The zero-order valence-electron chi connectivity index (χ0n) is 23.9. The number of fused-ring (bicyclic) bond motifs is 1. The van der Waals surface area contributed by atoms with E-state index in [-0.39, 0.29) is 24.3 Å². The first-order chi connectivity index (χ1) is 20.3. The lowest BCUT2D eigenvalue weighted by atomic mass is 9.70. The van der Waals surface area contributed by atoms with Gasteiger partial charge < -0.3 is 24.5 Å². The first-order valence-corrected chi connectivity index (χ1v) is 14.9. The number of hydrogen-bond acceptors (Lipinski definition) is 5. The standard InChI is InChI=1S/C33H38ClN3O5/c1-4-18-35(19-5-2)30(39)27-26-16-17-33(42-26)28(27)31(40)37(25(21-38)22-10-8-7-9-11-22)29(33)32(41)36(20-6-3)24-14-12-23(34)13-15-24/h4,6-15,25-29,38H,1,3,5,16-21H2,2H3/t25-,26+,27-,28+,29?,33?/m1/s1. The van der Waals surface area contributed by atoms with Crippen LogP contribution >= 0.6 is 11.6 Å². The first-order valence-electron chi connectivity index (χ1n) is 14.6. The van der Waals surface area contributed by atoms with Gasteiger partial charge in [0, 0.05) is 30.3 Å². The summed E-state index contributed by atoms with van der Waals surface area (Å²) in [6.45, 7) is 10.3. The van der Waals surface area contributed by atoms with Crippen molar-refractivity contribution in [3.05, 3.63) is 90.5 Å². The van der Waals surface area contributed by atoms with E-state index in [4.69, 9.17) is 16.3 Å². The number of nitrogens with zero attached hydrogens (tertiary/aromatic N) is 3. The van der Waals surface area contributed by atoms with Gasteiger partial charge in [0.05, 0.1) is 30.6 Å². The Morgan fingerprint density at radius 1 is 1.12 bits per heavy atom. The summed E-state index contributed by atoms with van der Waals surface area (Å²) in [6.07, 6.45) is 4.61. The van der Waals surface area contributed by atoms with Gasteiger partial charge in [0.1, 0.15) is 11.6 Å². The molecule has 5 rings (SSSR count). The number of amides is 3. The minimum Gasteiger partial charge on any atom is -0.394 e. The fourth-order valence-corrected chi connectivity index (χ4v) is 7.29. The molecule has 42 heavy (non-hydrogen) atoms. The maximum Gasteiger partial charge on any atom is 0.253 e. The number of rotatable bonds is 12. The molecule has 3 heterocycles. The van der Waals surface area contributed by atoms with Crippen molar-refractivity contribution in [3.63, 3.8) is 0 Å². The summed E-state index contributed by atoms with van der Waals surface area (Å²) in [4.78, 5) is 48.2. The van der Waals surface area contributed by atoms with Crippen molar-refractivity contribution in [2.75, 3.05) is 31.1 Å². The average molecular weight is 592 g/mol. The molecule has 3 aliphatic heterocycles. The highest BCUT2D eigenvalue weighted by Gasteiger charge is 2.75. The van der Waals surface area contributed by atoms with E-state index in [0.29, 0.717) is 42.2 Å². The van der Waals surface area contributed by atoms with Crippen LogP contribution in [-0.4, -0.2) is 76.6 Å². The van der Waals surface area contributed by atoms with E-state index < -0.39 is 42.2 Å². The Morgan fingerprint density at radius 2 is 1.81 bits per heavy atom. The van der Waals surface area contributed by atoms with Crippen molar-refractivity contribution in [1.82, 2.24) is 9.80 Å². The van der Waals surface area contributed by atoms with Crippen molar-refractivity contribution in [3.8, 4) is 0 Å². The van der Waals surface area contributed by atoms with Crippen LogP contribution in [0.4, 0.5) is 5.69 Å². The minimum absolute atomic E-state index is 0.157. The molecule has 3 aliphatic rings. The zero-order valence-corrected chi connectivity index (χ0v) is 24.7. The Hall–Kier alpha value is -3.46. The molecule has 2 unspecified atom stereocenters. The lowest BCUT2D eigenvalue weighted by Gasteiger charge is -2.39. The number of halogens is 1. The van der Waals surface area contributed by atoms with E-state index in [2.05, 4.69) is 13.2 Å². The van der Waals surface area contributed by atoms with E-state index in [1.54, 1.807) is 46.2 Å². The molecule has 2 aromatic rings. The molecular formula is C33H38ClN3O5. The van der Waals surface area contributed by atoms with Crippen LogP contribution in [0.1, 0.15) is 37.8 Å². The van der Waals surface area contributed by atoms with E-state index in [0.717, 1.165) is 6.42 Å². The number of carbonyl (C=O) groups is 3. The fraction of sp³-hybridized carbons (Fsp3) is 0.424. The van der Waals surface area contributed by atoms with Crippen LogP contribution < -0.4 is 4.90 Å². The van der Waals surface area contributed by atoms with E-state index in [1.807, 2.05) is 37.3 Å². The predicted molar refractivity (Wildman–Crippen MR) is 162 cm³/mol. The molecule has 3 saturated heterocycles. The number of aliphatic hydroxyl groups excluding tert-OH is 1. The summed E-state index contributed by atoms with van der Waals surface area (Å²) >= 11 is 6.14. The normalized spacial score (nSPS) is 26.5. The molecule has 2 bridgehead atoms.